The maximum Gasteiger partial charge on any atom is 0.249 e. The van der Waals surface area contributed by atoms with Crippen LogP contribution in [0.2, 0.25) is 5.02 Å². The second kappa shape index (κ2) is 4.52. The van der Waals surface area contributed by atoms with Gasteiger partial charge in [-0.05, 0) is 6.07 Å². The minimum Gasteiger partial charge on any atom is -0.383 e. The molecule has 1 amide bonds. The van der Waals surface area contributed by atoms with Crippen molar-refractivity contribution < 1.29 is 19.4 Å². The number of nitrogens with two attached hydrogens (primary N) is 1. The molecule has 82 valence electrons. The van der Waals surface area contributed by atoms with Crippen LogP contribution in [0.1, 0.15) is 11.8 Å². The molecular weight excluding hydrogens is 227 g/mol. The zero-order chi connectivity index (χ0) is 11.6. The fourth-order valence-electron chi connectivity index (χ4n) is 0.948. The summed E-state index contributed by atoms with van der Waals surface area (Å²) in [6, 6.07) is 0.904. The largest absolute Gasteiger partial charge is 0.383 e. The van der Waals surface area contributed by atoms with E-state index in [4.69, 9.17) is 22.4 Å². The van der Waals surface area contributed by atoms with Gasteiger partial charge in [0.05, 0.1) is 5.02 Å². The average Bonchev–Trinajstić information content (AvgIpc) is 2.15. The number of amides is 1. The molecule has 7 heteroatoms. The average molecular weight is 235 g/mol. The van der Waals surface area contributed by atoms with Gasteiger partial charge in [-0.25, -0.2) is 4.39 Å². The third-order valence-corrected chi connectivity index (χ3v) is 1.91. The van der Waals surface area contributed by atoms with E-state index in [0.717, 1.165) is 12.3 Å². The lowest BCUT2D eigenvalue weighted by Crippen LogP contribution is -2.34. The molecular formula is C8H8ClFN2O3. The van der Waals surface area contributed by atoms with Crippen LogP contribution < -0.4 is 5.73 Å². The molecule has 0 aliphatic rings. The number of halogens is 2. The van der Waals surface area contributed by atoms with Gasteiger partial charge >= 0.3 is 0 Å². The van der Waals surface area contributed by atoms with Gasteiger partial charge in [0.2, 0.25) is 5.91 Å². The third kappa shape index (κ3) is 2.62. The van der Waals surface area contributed by atoms with Crippen LogP contribution in [0.25, 0.3) is 0 Å². The number of carbonyl (C=O) groups excluding carboxylic acids is 1. The van der Waals surface area contributed by atoms with Crippen molar-refractivity contribution >= 4 is 17.5 Å². The van der Waals surface area contributed by atoms with Crippen molar-refractivity contribution in [1.82, 2.24) is 4.98 Å². The number of carbonyl (C=O) groups is 1. The molecule has 1 aromatic rings. The van der Waals surface area contributed by atoms with Gasteiger partial charge in [-0.1, -0.05) is 11.6 Å². The van der Waals surface area contributed by atoms with E-state index in [2.05, 4.69) is 4.98 Å². The Morgan fingerprint density at radius 1 is 1.60 bits per heavy atom. The van der Waals surface area contributed by atoms with Crippen molar-refractivity contribution in [2.24, 2.45) is 5.73 Å². The van der Waals surface area contributed by atoms with Crippen molar-refractivity contribution in [1.29, 1.82) is 0 Å². The summed E-state index contributed by atoms with van der Waals surface area (Å²) < 4.78 is 13.2. The molecule has 0 saturated heterocycles. The molecule has 0 saturated carbocycles. The van der Waals surface area contributed by atoms with Gasteiger partial charge in [0.25, 0.3) is 0 Å². The predicted octanol–water partition coefficient (Wildman–Crippen LogP) is -0.246. The molecule has 5 nitrogen and oxygen atoms in total. The number of rotatable bonds is 3. The van der Waals surface area contributed by atoms with Gasteiger partial charge in [0.1, 0.15) is 17.6 Å². The van der Waals surface area contributed by atoms with Crippen molar-refractivity contribution in [3.63, 3.8) is 0 Å². The van der Waals surface area contributed by atoms with E-state index in [0.29, 0.717) is 0 Å². The highest BCUT2D eigenvalue weighted by molar-refractivity contribution is 6.30. The van der Waals surface area contributed by atoms with Crippen molar-refractivity contribution in [3.05, 3.63) is 28.8 Å². The molecule has 2 unspecified atom stereocenters. The zero-order valence-corrected chi connectivity index (χ0v) is 8.15. The van der Waals surface area contributed by atoms with Gasteiger partial charge in [-0.3, -0.25) is 9.78 Å². The standard InChI is InChI=1S/C8H8ClFN2O3/c9-3-1-4(10)5(12-2-3)6(13)7(14)8(11)15/h1-2,6-7,13-14H,(H2,11,15). The van der Waals surface area contributed by atoms with Crippen LogP contribution in [0.15, 0.2) is 12.3 Å². The van der Waals surface area contributed by atoms with E-state index < -0.39 is 29.6 Å². The molecule has 0 bridgehead atoms. The van der Waals surface area contributed by atoms with Crippen LogP contribution in [0.3, 0.4) is 0 Å². The first-order valence-corrected chi connectivity index (χ1v) is 4.27. The van der Waals surface area contributed by atoms with Gasteiger partial charge in [-0.15, -0.1) is 0 Å². The Morgan fingerprint density at radius 3 is 2.67 bits per heavy atom. The van der Waals surface area contributed by atoms with E-state index in [-0.39, 0.29) is 5.02 Å². The Kier molecular flexibility index (Phi) is 3.57. The molecule has 1 rings (SSSR count). The van der Waals surface area contributed by atoms with Gasteiger partial charge in [0, 0.05) is 6.20 Å². The third-order valence-electron chi connectivity index (χ3n) is 1.71. The maximum absolute atomic E-state index is 13.2. The molecule has 15 heavy (non-hydrogen) atoms. The van der Waals surface area contributed by atoms with E-state index in [9.17, 15) is 14.3 Å². The minimum atomic E-state index is -1.91. The number of aliphatic hydroxyl groups is 2. The highest BCUT2D eigenvalue weighted by Gasteiger charge is 2.27. The van der Waals surface area contributed by atoms with E-state index in [1.165, 1.54) is 0 Å². The van der Waals surface area contributed by atoms with Crippen molar-refractivity contribution in [2.45, 2.75) is 12.2 Å². The van der Waals surface area contributed by atoms with Crippen molar-refractivity contribution in [2.75, 3.05) is 0 Å². The first-order chi connectivity index (χ1) is 6.93. The Balaban J connectivity index is 3.01. The summed E-state index contributed by atoms with van der Waals surface area (Å²) >= 11 is 5.43. The molecule has 4 N–H and O–H groups in total. The van der Waals surface area contributed by atoms with E-state index >= 15 is 0 Å². The highest BCUT2D eigenvalue weighted by atomic mass is 35.5. The number of primary amides is 1. The Labute approximate surface area is 89.3 Å². The van der Waals surface area contributed by atoms with Gasteiger partial charge in [-0.2, -0.15) is 0 Å². The molecule has 1 heterocycles. The molecule has 0 aliphatic heterocycles. The SMILES string of the molecule is NC(=O)C(O)C(O)c1ncc(Cl)cc1F. The fraction of sp³-hybridized carbons (Fsp3) is 0.250. The summed E-state index contributed by atoms with van der Waals surface area (Å²) in [6.45, 7) is 0. The second-order valence-electron chi connectivity index (χ2n) is 2.81. The number of aliphatic hydroxyl groups excluding tert-OH is 2. The van der Waals surface area contributed by atoms with E-state index in [1.807, 2.05) is 0 Å². The van der Waals surface area contributed by atoms with Crippen LogP contribution in [-0.2, 0) is 4.79 Å². The minimum absolute atomic E-state index is 0.0389. The predicted molar refractivity (Wildman–Crippen MR) is 49.4 cm³/mol. The number of aromatic nitrogens is 1. The van der Waals surface area contributed by atoms with Gasteiger partial charge < -0.3 is 15.9 Å². The molecule has 0 aromatic carbocycles. The van der Waals surface area contributed by atoms with Crippen molar-refractivity contribution in [3.8, 4) is 0 Å². The zero-order valence-electron chi connectivity index (χ0n) is 7.39. The number of hydrogen-bond donors (Lipinski definition) is 3. The normalized spacial score (nSPS) is 14.7. The molecule has 2 atom stereocenters. The Morgan fingerprint density at radius 2 is 2.20 bits per heavy atom. The summed E-state index contributed by atoms with van der Waals surface area (Å²) in [6.07, 6.45) is -2.63. The van der Waals surface area contributed by atoms with E-state index in [1.54, 1.807) is 0 Å². The summed E-state index contributed by atoms with van der Waals surface area (Å²) in [4.78, 5) is 14.0. The molecule has 0 spiro atoms. The first kappa shape index (κ1) is 11.8. The topological polar surface area (TPSA) is 96.4 Å². The molecule has 1 aromatic heterocycles. The summed E-state index contributed by atoms with van der Waals surface area (Å²) in [7, 11) is 0. The quantitative estimate of drug-likeness (QED) is 0.672. The molecule has 0 fully saturated rings. The lowest BCUT2D eigenvalue weighted by Gasteiger charge is -2.14. The second-order valence-corrected chi connectivity index (χ2v) is 3.25. The van der Waals surface area contributed by atoms with Crippen LogP contribution in [0.5, 0.6) is 0 Å². The summed E-state index contributed by atoms with van der Waals surface area (Å²) in [5, 5.41) is 18.5. The number of pyridine rings is 1. The van der Waals surface area contributed by atoms with Crippen LogP contribution >= 0.6 is 11.6 Å². The van der Waals surface area contributed by atoms with Crippen LogP contribution in [0.4, 0.5) is 4.39 Å². The highest BCUT2D eigenvalue weighted by Crippen LogP contribution is 2.20. The smallest absolute Gasteiger partial charge is 0.249 e. The Bertz CT molecular complexity index is 388. The van der Waals surface area contributed by atoms with Crippen LogP contribution in [-0.4, -0.2) is 27.2 Å². The Hall–Kier alpha value is -1.24. The van der Waals surface area contributed by atoms with Crippen LogP contribution in [0, 0.1) is 5.82 Å². The molecule has 0 aliphatic carbocycles. The lowest BCUT2D eigenvalue weighted by molar-refractivity contribution is -0.132. The monoisotopic (exact) mass is 234 g/mol. The number of hydrogen-bond acceptors (Lipinski definition) is 4. The lowest BCUT2D eigenvalue weighted by atomic mass is 10.1. The first-order valence-electron chi connectivity index (χ1n) is 3.90. The molecule has 0 radical (unpaired) electrons. The fourth-order valence-corrected chi connectivity index (χ4v) is 1.09. The van der Waals surface area contributed by atoms with Gasteiger partial charge in [0.15, 0.2) is 6.10 Å². The maximum atomic E-state index is 13.2. The summed E-state index contributed by atoms with van der Waals surface area (Å²) in [5.74, 6) is -2.09. The number of nitrogens with zero attached hydrogens (tertiary/aromatic N) is 1. The summed E-state index contributed by atoms with van der Waals surface area (Å²) in [5.41, 5.74) is 4.25.